The second-order valence-electron chi connectivity index (χ2n) is 21.9. The summed E-state index contributed by atoms with van der Waals surface area (Å²) in [5, 5.41) is 50.7. The molecule has 13 atom stereocenters. The molecule has 0 aliphatic carbocycles. The van der Waals surface area contributed by atoms with E-state index in [9.17, 15) is 30.0 Å². The van der Waals surface area contributed by atoms with E-state index in [0.717, 1.165) is 38.5 Å². The van der Waals surface area contributed by atoms with Gasteiger partial charge in [-0.15, -0.1) is 0 Å². The number of aliphatic hydroxyl groups is 4. The van der Waals surface area contributed by atoms with E-state index in [1.807, 2.05) is 39.8 Å². The van der Waals surface area contributed by atoms with Gasteiger partial charge in [0.1, 0.15) is 23.9 Å². The molecule has 1 amide bonds. The van der Waals surface area contributed by atoms with Crippen molar-refractivity contribution in [3.05, 3.63) is 60.7 Å². The molecule has 0 saturated carbocycles. The maximum Gasteiger partial charge on any atom is 0.126 e. The van der Waals surface area contributed by atoms with Crippen LogP contribution in [0, 0.1) is 17.8 Å². The van der Waals surface area contributed by atoms with E-state index >= 15 is 0 Å². The summed E-state index contributed by atoms with van der Waals surface area (Å²) in [7, 11) is 3.63. The summed E-state index contributed by atoms with van der Waals surface area (Å²) < 4.78 is 24.4. The molecule has 0 aromatic heterocycles. The molecule has 394 valence electrons. The molecule has 2 fully saturated rings. The third-order valence-electron chi connectivity index (χ3n) is 15.6. The van der Waals surface area contributed by atoms with Crippen LogP contribution >= 0.6 is 7.26 Å². The third kappa shape index (κ3) is 16.5. The van der Waals surface area contributed by atoms with Crippen molar-refractivity contribution in [3.63, 3.8) is 0 Å². The number of carbonyl (C=O) groups excluding carboxylic acids is 2. The second kappa shape index (κ2) is 28.1. The molecule has 2 aromatic rings. The summed E-state index contributed by atoms with van der Waals surface area (Å²) in [6.45, 7) is 15.3. The first-order chi connectivity index (χ1) is 32.7. The number of unbranched alkanes of at least 4 members (excludes halogenated alkanes) is 8. The van der Waals surface area contributed by atoms with Gasteiger partial charge in [-0.2, -0.15) is 0 Å². The van der Waals surface area contributed by atoms with Crippen molar-refractivity contribution in [3.8, 4) is 0 Å². The minimum atomic E-state index is -1.99. The van der Waals surface area contributed by atoms with Gasteiger partial charge in [-0.05, 0) is 79.3 Å². The minimum Gasteiger partial charge on any atom is -0.388 e. The van der Waals surface area contributed by atoms with Crippen LogP contribution in [0.4, 0.5) is 0 Å². The van der Waals surface area contributed by atoms with Crippen LogP contribution in [0.1, 0.15) is 145 Å². The predicted octanol–water partition coefficient (Wildman–Crippen LogP) is 7.85. The van der Waals surface area contributed by atoms with Crippen LogP contribution in [0.25, 0.3) is 0 Å². The number of aliphatic hydroxyl groups excluding tert-OH is 2. The summed E-state index contributed by atoms with van der Waals surface area (Å²) in [5.74, 6) is -1.98. The Bertz CT molecular complexity index is 1740. The molecule has 13 heteroatoms. The third-order valence-corrected chi connectivity index (χ3v) is 20.8. The fourth-order valence-electron chi connectivity index (χ4n) is 11.7. The Hall–Kier alpha value is -2.51. The Labute approximate surface area is 417 Å². The summed E-state index contributed by atoms with van der Waals surface area (Å²) in [5.41, 5.74) is -3.34. The molecule has 0 radical (unpaired) electrons. The summed E-state index contributed by atoms with van der Waals surface area (Å²) in [6.07, 6.45) is 8.11. The van der Waals surface area contributed by atoms with Crippen molar-refractivity contribution in [1.82, 2.24) is 9.80 Å². The molecule has 2 aliphatic heterocycles. The number of nitrogens with zero attached hydrogens (tertiary/aromatic N) is 2. The molecular formula is C56H95N2O10P. The van der Waals surface area contributed by atoms with Crippen molar-refractivity contribution >= 4 is 29.7 Å². The quantitative estimate of drug-likeness (QED) is 0.0549. The van der Waals surface area contributed by atoms with E-state index in [2.05, 4.69) is 60.7 Å². The average molecular weight is 987 g/mol. The molecule has 0 spiro atoms. The number of benzene rings is 2. The van der Waals surface area contributed by atoms with Gasteiger partial charge in [0.25, 0.3) is 0 Å². The maximum atomic E-state index is 14.3. The van der Waals surface area contributed by atoms with Crippen molar-refractivity contribution < 1.29 is 49.0 Å². The summed E-state index contributed by atoms with van der Waals surface area (Å²) in [4.78, 5) is 31.6. The second-order valence-corrected chi connectivity index (χ2v) is 26.3. The number of rotatable bonds is 21. The topological polar surface area (TPSA) is 158 Å². The van der Waals surface area contributed by atoms with Crippen LogP contribution in [0.3, 0.4) is 0 Å². The van der Waals surface area contributed by atoms with Crippen molar-refractivity contribution in [1.29, 1.82) is 0 Å². The van der Waals surface area contributed by atoms with Crippen LogP contribution in [-0.2, 0) is 28.5 Å². The first-order valence-electron chi connectivity index (χ1n) is 26.6. The predicted molar refractivity (Wildman–Crippen MR) is 281 cm³/mol. The summed E-state index contributed by atoms with van der Waals surface area (Å²) in [6, 6.07) is 21.1. The number of ether oxygens (including phenoxy) is 4. The van der Waals surface area contributed by atoms with Crippen LogP contribution < -0.4 is 10.6 Å². The zero-order chi connectivity index (χ0) is 50.9. The van der Waals surface area contributed by atoms with Crippen molar-refractivity contribution in [2.24, 2.45) is 17.8 Å². The molecule has 4 N–H and O–H groups in total. The van der Waals surface area contributed by atoms with Gasteiger partial charge in [-0.1, -0.05) is 27.7 Å². The van der Waals surface area contributed by atoms with Crippen LogP contribution in [0.2, 0.25) is 0 Å². The number of hydrogen-bond acceptors (Lipinski definition) is 11. The van der Waals surface area contributed by atoms with Crippen LogP contribution in [0.15, 0.2) is 60.7 Å². The van der Waals surface area contributed by atoms with Crippen molar-refractivity contribution in [2.75, 3.05) is 46.7 Å². The average Bonchev–Trinajstić information content (AvgIpc) is 3.31. The normalized spacial score (nSPS) is 32.6. The minimum absolute atomic E-state index is 0.133. The Kier molecular flexibility index (Phi) is 24.0. The number of carbonyl (C=O) groups is 2. The van der Waals surface area contributed by atoms with E-state index in [-0.39, 0.29) is 56.2 Å². The maximum absolute atomic E-state index is 14.3. The molecular weight excluding hydrogens is 892 g/mol. The molecule has 2 heterocycles. The van der Waals surface area contributed by atoms with Gasteiger partial charge in [0, 0.05) is 12.6 Å². The van der Waals surface area contributed by atoms with E-state index in [1.165, 1.54) is 49.4 Å². The number of hydrogen-bond donors (Lipinski definition) is 4. The van der Waals surface area contributed by atoms with Crippen molar-refractivity contribution in [2.45, 2.75) is 205 Å². The van der Waals surface area contributed by atoms with Crippen LogP contribution in [-0.4, -0.2) is 149 Å². The smallest absolute Gasteiger partial charge is 0.126 e. The standard InChI is InChI=1S/C56H95N2O10P/c1-12-48-56(8,64)51(61)44(6)58(39-40(2)38-55(7,63)52(41(3)36-42(4)53(62)67-48)68-54-50(60)47(57(9)10)37-43(5)66-54)49(59)32-26-18-16-14-13-15-17-19-27-34-69(35-33-65-11,45-28-22-20-23-29-45)46-30-24-21-25-31-46/h20-25,28-31,40-44,47-48,50-52,54,60-61,63-64,69H,12-19,26-27,32-39H2,1-11H3/t40-,41+,42-,43-,44-,47+,48-,50-,51-,52-,54+,55-,56-/m1/s1. The first-order valence-corrected chi connectivity index (χ1v) is 29.0. The fraction of sp³-hybridized carbons (Fsp3) is 0.750. The van der Waals surface area contributed by atoms with Crippen LogP contribution in [0.5, 0.6) is 0 Å². The molecule has 0 bridgehead atoms. The van der Waals surface area contributed by atoms with Gasteiger partial charge < -0.3 is 44.4 Å². The van der Waals surface area contributed by atoms with E-state index < -0.39 is 73.0 Å². The van der Waals surface area contributed by atoms with Gasteiger partial charge in [0.15, 0.2) is 6.29 Å². The number of amides is 1. The monoisotopic (exact) mass is 987 g/mol. The Balaban J connectivity index is 1.38. The van der Waals surface area contributed by atoms with E-state index in [1.54, 1.807) is 39.7 Å². The van der Waals surface area contributed by atoms with Gasteiger partial charge in [0.05, 0.1) is 29.8 Å². The van der Waals surface area contributed by atoms with Gasteiger partial charge in [0.2, 0.25) is 0 Å². The Morgan fingerprint density at radius 3 is 1.91 bits per heavy atom. The Morgan fingerprint density at radius 1 is 0.826 bits per heavy atom. The van der Waals surface area contributed by atoms with E-state index in [4.69, 9.17) is 18.9 Å². The van der Waals surface area contributed by atoms with Gasteiger partial charge in [-0.3, -0.25) is 9.59 Å². The molecule has 2 aromatic carbocycles. The largest absolute Gasteiger partial charge is 0.388 e. The molecule has 4 rings (SSSR count). The molecule has 2 saturated heterocycles. The van der Waals surface area contributed by atoms with E-state index in [0.29, 0.717) is 12.8 Å². The molecule has 12 nitrogen and oxygen atoms in total. The number of cyclic esters (lactones) is 1. The molecule has 0 unspecified atom stereocenters. The Morgan fingerprint density at radius 2 is 1.38 bits per heavy atom. The fourth-order valence-corrected chi connectivity index (χ4v) is 16.5. The SMILES string of the molecule is CC[C@H]1OC(=O)[C@H](C)C[C@H](C)[C@@H](O[C@@H]2O[C@H](C)C[C@H](N(C)C)[C@H]2O)[C@](C)(O)C[C@@H](C)CN(C(=O)CCCCCCCCCCC[PH](CCOC)(c2ccccc2)c2ccccc2)[C@H](C)[C@@H](O)[C@]1(C)O. The number of esters is 1. The first kappa shape index (κ1) is 59.1. The zero-order valence-corrected chi connectivity index (χ0v) is 45.5. The molecule has 2 aliphatic rings. The zero-order valence-electron chi connectivity index (χ0n) is 44.5. The van der Waals surface area contributed by atoms with Gasteiger partial charge >= 0.3 is 185 Å². The number of likely N-dealkylation sites (N-methyl/N-ethyl adjacent to an activating group) is 1. The van der Waals surface area contributed by atoms with Gasteiger partial charge in [-0.25, -0.2) is 0 Å². The summed E-state index contributed by atoms with van der Waals surface area (Å²) >= 11 is 0. The number of methoxy groups -OCH3 is 1. The molecule has 69 heavy (non-hydrogen) atoms.